The Bertz CT molecular complexity index is 828. The summed E-state index contributed by atoms with van der Waals surface area (Å²) in [7, 11) is 0. The minimum Gasteiger partial charge on any atom is -0.507 e. The van der Waals surface area contributed by atoms with Crippen LogP contribution in [-0.4, -0.2) is 16.3 Å². The smallest absolute Gasteiger partial charge is 0.121 e. The molecule has 0 aliphatic rings. The highest BCUT2D eigenvalue weighted by Gasteiger charge is 2.02. The van der Waals surface area contributed by atoms with E-state index in [1.54, 1.807) is 12.4 Å². The number of phenols is 1. The Balaban J connectivity index is 1.85. The maximum absolute atomic E-state index is 9.78. The standard InChI is InChI=1S/C18H17N3O/c1-12-9-14(10-13(2)18(12)22)11-20-21-16-7-3-5-15-6-4-8-19-17(15)16/h3-11,21-22H,1-2H3/b20-11+. The number of pyridine rings is 1. The van der Waals surface area contributed by atoms with E-state index in [1.165, 1.54) is 0 Å². The molecule has 0 saturated carbocycles. The van der Waals surface area contributed by atoms with Crippen LogP contribution in [-0.2, 0) is 0 Å². The summed E-state index contributed by atoms with van der Waals surface area (Å²) in [6.45, 7) is 3.75. The number of hydrogen-bond donors (Lipinski definition) is 2. The van der Waals surface area contributed by atoms with Crippen molar-refractivity contribution in [2.45, 2.75) is 13.8 Å². The molecule has 0 radical (unpaired) electrons. The number of para-hydroxylation sites is 1. The Hall–Kier alpha value is -2.88. The molecule has 0 amide bonds. The van der Waals surface area contributed by atoms with Crippen LogP contribution in [0.5, 0.6) is 5.75 Å². The number of aromatic hydroxyl groups is 1. The third kappa shape index (κ3) is 2.76. The zero-order valence-corrected chi connectivity index (χ0v) is 12.5. The molecule has 1 heterocycles. The molecule has 0 saturated heterocycles. The Kier molecular flexibility index (Phi) is 3.74. The molecule has 22 heavy (non-hydrogen) atoms. The number of phenolic OH excluding ortho intramolecular Hbond substituents is 1. The van der Waals surface area contributed by atoms with Gasteiger partial charge in [0.15, 0.2) is 0 Å². The SMILES string of the molecule is Cc1cc(/C=N/Nc2cccc3cccnc23)cc(C)c1O. The first kappa shape index (κ1) is 14.1. The summed E-state index contributed by atoms with van der Waals surface area (Å²) in [5, 5.41) is 15.1. The molecular weight excluding hydrogens is 274 g/mol. The summed E-state index contributed by atoms with van der Waals surface area (Å²) in [6.07, 6.45) is 3.51. The number of hydrogen-bond acceptors (Lipinski definition) is 4. The summed E-state index contributed by atoms with van der Waals surface area (Å²) in [6, 6.07) is 13.7. The maximum Gasteiger partial charge on any atom is 0.121 e. The van der Waals surface area contributed by atoms with Crippen molar-refractivity contribution in [1.82, 2.24) is 4.98 Å². The van der Waals surface area contributed by atoms with E-state index in [1.807, 2.05) is 56.3 Å². The molecule has 1 aromatic heterocycles. The van der Waals surface area contributed by atoms with E-state index in [0.717, 1.165) is 33.3 Å². The van der Waals surface area contributed by atoms with Crippen LogP contribution in [0.4, 0.5) is 5.69 Å². The Morgan fingerprint density at radius 1 is 1.09 bits per heavy atom. The number of anilines is 1. The van der Waals surface area contributed by atoms with E-state index in [9.17, 15) is 5.11 Å². The van der Waals surface area contributed by atoms with Gasteiger partial charge in [0.2, 0.25) is 0 Å². The highest BCUT2D eigenvalue weighted by Crippen LogP contribution is 2.23. The molecule has 0 spiro atoms. The highest BCUT2D eigenvalue weighted by molar-refractivity contribution is 5.90. The summed E-state index contributed by atoms with van der Waals surface area (Å²) >= 11 is 0. The van der Waals surface area contributed by atoms with Gasteiger partial charge in [-0.15, -0.1) is 0 Å². The first-order valence-corrected chi connectivity index (χ1v) is 7.08. The van der Waals surface area contributed by atoms with E-state index >= 15 is 0 Å². The van der Waals surface area contributed by atoms with Gasteiger partial charge in [-0.1, -0.05) is 18.2 Å². The average molecular weight is 291 g/mol. The third-order valence-electron chi connectivity index (χ3n) is 3.54. The topological polar surface area (TPSA) is 57.5 Å². The monoisotopic (exact) mass is 291 g/mol. The first-order valence-electron chi connectivity index (χ1n) is 7.08. The summed E-state index contributed by atoms with van der Waals surface area (Å²) in [5.74, 6) is 0.336. The van der Waals surface area contributed by atoms with Crippen LogP contribution in [0.25, 0.3) is 10.9 Å². The average Bonchev–Trinajstić information content (AvgIpc) is 2.53. The molecule has 110 valence electrons. The van der Waals surface area contributed by atoms with Crippen molar-refractivity contribution in [3.8, 4) is 5.75 Å². The van der Waals surface area contributed by atoms with E-state index in [4.69, 9.17) is 0 Å². The predicted octanol–water partition coefficient (Wildman–Crippen LogP) is 4.00. The lowest BCUT2D eigenvalue weighted by Crippen LogP contribution is -1.94. The second-order valence-corrected chi connectivity index (χ2v) is 5.25. The van der Waals surface area contributed by atoms with Crippen LogP contribution < -0.4 is 5.43 Å². The number of aromatic nitrogens is 1. The van der Waals surface area contributed by atoms with E-state index in [-0.39, 0.29) is 0 Å². The molecule has 0 aliphatic heterocycles. The van der Waals surface area contributed by atoms with Crippen LogP contribution >= 0.6 is 0 Å². The van der Waals surface area contributed by atoms with Gasteiger partial charge in [-0.3, -0.25) is 10.4 Å². The van der Waals surface area contributed by atoms with Gasteiger partial charge in [-0.05, 0) is 54.8 Å². The second-order valence-electron chi connectivity index (χ2n) is 5.25. The number of benzene rings is 2. The molecule has 0 fully saturated rings. The number of fused-ring (bicyclic) bond motifs is 1. The van der Waals surface area contributed by atoms with Gasteiger partial charge in [-0.25, -0.2) is 0 Å². The van der Waals surface area contributed by atoms with E-state index < -0.39 is 0 Å². The number of hydrazone groups is 1. The van der Waals surface area contributed by atoms with Crippen LogP contribution in [0.15, 0.2) is 53.8 Å². The second kappa shape index (κ2) is 5.85. The van der Waals surface area contributed by atoms with Gasteiger partial charge in [0.1, 0.15) is 5.75 Å². The Morgan fingerprint density at radius 3 is 2.59 bits per heavy atom. The van der Waals surface area contributed by atoms with Gasteiger partial charge in [0, 0.05) is 11.6 Å². The maximum atomic E-state index is 9.78. The first-order chi connectivity index (χ1) is 10.6. The van der Waals surface area contributed by atoms with Gasteiger partial charge in [0.25, 0.3) is 0 Å². The minimum atomic E-state index is 0.336. The molecule has 2 N–H and O–H groups in total. The van der Waals surface area contributed by atoms with Crippen molar-refractivity contribution in [3.63, 3.8) is 0 Å². The molecule has 0 bridgehead atoms. The largest absolute Gasteiger partial charge is 0.507 e. The number of nitrogens with zero attached hydrogens (tertiary/aromatic N) is 2. The lowest BCUT2D eigenvalue weighted by molar-refractivity contribution is 0.467. The number of aryl methyl sites for hydroxylation is 2. The van der Waals surface area contributed by atoms with Crippen molar-refractivity contribution in [2.24, 2.45) is 5.10 Å². The fourth-order valence-corrected chi connectivity index (χ4v) is 2.43. The molecular formula is C18H17N3O. The molecule has 4 heteroatoms. The van der Waals surface area contributed by atoms with E-state index in [2.05, 4.69) is 15.5 Å². The summed E-state index contributed by atoms with van der Waals surface area (Å²) < 4.78 is 0. The van der Waals surface area contributed by atoms with Crippen molar-refractivity contribution in [1.29, 1.82) is 0 Å². The lowest BCUT2D eigenvalue weighted by Gasteiger charge is -2.06. The van der Waals surface area contributed by atoms with E-state index in [0.29, 0.717) is 5.75 Å². The third-order valence-corrected chi connectivity index (χ3v) is 3.54. The minimum absolute atomic E-state index is 0.336. The molecule has 0 atom stereocenters. The van der Waals surface area contributed by atoms with Crippen LogP contribution in [0.1, 0.15) is 16.7 Å². The van der Waals surface area contributed by atoms with Crippen LogP contribution in [0.2, 0.25) is 0 Å². The zero-order chi connectivity index (χ0) is 15.5. The molecule has 0 unspecified atom stereocenters. The predicted molar refractivity (Wildman–Crippen MR) is 90.5 cm³/mol. The summed E-state index contributed by atoms with van der Waals surface area (Å²) in [4.78, 5) is 4.38. The molecule has 3 aromatic rings. The van der Waals surface area contributed by atoms with Gasteiger partial charge >= 0.3 is 0 Å². The fourth-order valence-electron chi connectivity index (χ4n) is 2.43. The Morgan fingerprint density at radius 2 is 1.82 bits per heavy atom. The fraction of sp³-hybridized carbons (Fsp3) is 0.111. The molecule has 2 aromatic carbocycles. The van der Waals surface area contributed by atoms with Crippen LogP contribution in [0.3, 0.4) is 0 Å². The lowest BCUT2D eigenvalue weighted by atomic mass is 10.1. The van der Waals surface area contributed by atoms with Gasteiger partial charge in [0.05, 0.1) is 17.4 Å². The number of nitrogens with one attached hydrogen (secondary N) is 1. The van der Waals surface area contributed by atoms with Crippen LogP contribution in [0, 0.1) is 13.8 Å². The zero-order valence-electron chi connectivity index (χ0n) is 12.5. The molecule has 0 aliphatic carbocycles. The highest BCUT2D eigenvalue weighted by atomic mass is 16.3. The molecule has 3 rings (SSSR count). The molecule has 4 nitrogen and oxygen atoms in total. The van der Waals surface area contributed by atoms with Crippen molar-refractivity contribution in [2.75, 3.05) is 5.43 Å². The normalized spacial score (nSPS) is 11.2. The van der Waals surface area contributed by atoms with Crippen molar-refractivity contribution in [3.05, 3.63) is 65.4 Å². The Labute approximate surface area is 129 Å². The van der Waals surface area contributed by atoms with Gasteiger partial charge < -0.3 is 5.11 Å². The quantitative estimate of drug-likeness (QED) is 0.566. The van der Waals surface area contributed by atoms with Gasteiger partial charge in [-0.2, -0.15) is 5.10 Å². The van der Waals surface area contributed by atoms with Crippen molar-refractivity contribution < 1.29 is 5.11 Å². The number of rotatable bonds is 3. The van der Waals surface area contributed by atoms with Crippen molar-refractivity contribution >= 4 is 22.8 Å². The summed E-state index contributed by atoms with van der Waals surface area (Å²) in [5.41, 5.74) is 7.41.